The summed E-state index contributed by atoms with van der Waals surface area (Å²) in [6, 6.07) is 5.88. The fourth-order valence-corrected chi connectivity index (χ4v) is 1.68. The minimum absolute atomic E-state index is 0. The van der Waals surface area contributed by atoms with E-state index < -0.39 is 11.9 Å². The number of hydrogen-bond donors (Lipinski definition) is 1. The van der Waals surface area contributed by atoms with Crippen molar-refractivity contribution in [3.63, 3.8) is 0 Å². The second kappa shape index (κ2) is 8.34. The second-order valence-electron chi connectivity index (χ2n) is 4.30. The molecule has 7 heteroatoms. The van der Waals surface area contributed by atoms with Crippen LogP contribution in [0.25, 0.3) is 11.4 Å². The van der Waals surface area contributed by atoms with E-state index in [1.807, 2.05) is 6.92 Å². The van der Waals surface area contributed by atoms with Crippen molar-refractivity contribution in [2.75, 3.05) is 6.61 Å². The van der Waals surface area contributed by atoms with E-state index in [2.05, 4.69) is 9.97 Å². The molecular formula is C15H14N2O4Ru. The molecule has 116 valence electrons. The van der Waals surface area contributed by atoms with Crippen LogP contribution in [0.2, 0.25) is 0 Å². The molecule has 2 rings (SSSR count). The molecule has 0 radical (unpaired) electrons. The predicted octanol–water partition coefficient (Wildman–Crippen LogP) is 2.41. The van der Waals surface area contributed by atoms with Crippen molar-refractivity contribution < 1.29 is 38.9 Å². The van der Waals surface area contributed by atoms with Crippen molar-refractivity contribution in [2.45, 2.75) is 13.3 Å². The quantitative estimate of drug-likeness (QED) is 0.626. The smallest absolute Gasteiger partial charge is 0.338 e. The fraction of sp³-hybridized carbons (Fsp3) is 0.200. The van der Waals surface area contributed by atoms with Gasteiger partial charge < -0.3 is 9.84 Å². The third-order valence-electron chi connectivity index (χ3n) is 2.70. The van der Waals surface area contributed by atoms with E-state index in [0.29, 0.717) is 23.6 Å². The van der Waals surface area contributed by atoms with E-state index in [1.165, 1.54) is 30.6 Å². The molecule has 1 N–H and O–H groups in total. The van der Waals surface area contributed by atoms with Gasteiger partial charge in [0.2, 0.25) is 0 Å². The maximum absolute atomic E-state index is 11.8. The van der Waals surface area contributed by atoms with Crippen molar-refractivity contribution >= 4 is 11.9 Å². The molecule has 22 heavy (non-hydrogen) atoms. The zero-order valence-electron chi connectivity index (χ0n) is 11.8. The normalized spacial score (nSPS) is 9.68. The molecule has 0 amide bonds. The first kappa shape index (κ1) is 17.9. The van der Waals surface area contributed by atoms with Gasteiger partial charge in [0.25, 0.3) is 0 Å². The molecule has 2 aromatic rings. The van der Waals surface area contributed by atoms with Gasteiger partial charge in [0, 0.05) is 31.9 Å². The van der Waals surface area contributed by atoms with Gasteiger partial charge in [-0.2, -0.15) is 0 Å². The van der Waals surface area contributed by atoms with Crippen LogP contribution < -0.4 is 0 Å². The second-order valence-corrected chi connectivity index (χ2v) is 4.30. The molecule has 0 aromatic carbocycles. The van der Waals surface area contributed by atoms with Crippen LogP contribution in [0.15, 0.2) is 36.7 Å². The van der Waals surface area contributed by atoms with Gasteiger partial charge in [0.15, 0.2) is 0 Å². The fourth-order valence-electron chi connectivity index (χ4n) is 1.68. The van der Waals surface area contributed by atoms with Crippen molar-refractivity contribution in [3.8, 4) is 11.4 Å². The first-order valence-corrected chi connectivity index (χ1v) is 6.44. The van der Waals surface area contributed by atoms with Gasteiger partial charge in [-0.1, -0.05) is 6.92 Å². The van der Waals surface area contributed by atoms with Crippen molar-refractivity contribution in [2.24, 2.45) is 0 Å². The van der Waals surface area contributed by atoms with E-state index in [1.54, 1.807) is 6.07 Å². The summed E-state index contributed by atoms with van der Waals surface area (Å²) >= 11 is 0. The number of pyridine rings is 2. The Hall–Kier alpha value is -2.14. The maximum Gasteiger partial charge on any atom is 0.338 e. The van der Waals surface area contributed by atoms with Crippen LogP contribution >= 0.6 is 0 Å². The van der Waals surface area contributed by atoms with Gasteiger partial charge in [-0.25, -0.2) is 9.59 Å². The molecule has 0 fully saturated rings. The summed E-state index contributed by atoms with van der Waals surface area (Å²) in [5, 5.41) is 8.97. The Labute approximate surface area is 140 Å². The molecule has 2 aromatic heterocycles. The van der Waals surface area contributed by atoms with Crippen LogP contribution in [-0.4, -0.2) is 33.6 Å². The molecule has 0 saturated heterocycles. The van der Waals surface area contributed by atoms with Gasteiger partial charge >= 0.3 is 11.9 Å². The van der Waals surface area contributed by atoms with Crippen LogP contribution in [-0.2, 0) is 24.2 Å². The average Bonchev–Trinajstić information content (AvgIpc) is 2.52. The number of carboxylic acid groups (broad SMARTS) is 1. The summed E-state index contributed by atoms with van der Waals surface area (Å²) < 4.78 is 5.05. The summed E-state index contributed by atoms with van der Waals surface area (Å²) in [7, 11) is 0. The maximum atomic E-state index is 11.8. The van der Waals surface area contributed by atoms with Crippen molar-refractivity contribution in [3.05, 3.63) is 47.8 Å². The molecule has 0 unspecified atom stereocenters. The third kappa shape index (κ3) is 4.43. The van der Waals surface area contributed by atoms with E-state index in [4.69, 9.17) is 9.84 Å². The number of aromatic carboxylic acids is 1. The SMILES string of the molecule is CCCOC(=O)c1ccnc(-c2cc(C(=O)O)ccn2)c1.[Ru]. The molecule has 0 atom stereocenters. The molecule has 0 aliphatic rings. The monoisotopic (exact) mass is 388 g/mol. The number of carboxylic acids is 1. The zero-order valence-corrected chi connectivity index (χ0v) is 13.5. The summed E-state index contributed by atoms with van der Waals surface area (Å²) in [6.45, 7) is 2.26. The number of nitrogens with zero attached hydrogens (tertiary/aromatic N) is 2. The molecule has 2 heterocycles. The predicted molar refractivity (Wildman–Crippen MR) is 75.0 cm³/mol. The van der Waals surface area contributed by atoms with Gasteiger partial charge in [-0.3, -0.25) is 9.97 Å². The standard InChI is InChI=1S/C15H14N2O4.Ru/c1-2-7-21-15(20)11-4-6-17-13(9-11)12-8-10(14(18)19)3-5-16-12;/h3-6,8-9H,2,7H2,1H3,(H,18,19);. The summed E-state index contributed by atoms with van der Waals surface area (Å²) in [6.07, 6.45) is 3.60. The minimum atomic E-state index is -1.04. The molecular weight excluding hydrogens is 373 g/mol. The molecule has 0 aliphatic carbocycles. The Morgan fingerprint density at radius 1 is 1.09 bits per heavy atom. The van der Waals surface area contributed by atoms with Gasteiger partial charge in [0.1, 0.15) is 0 Å². The minimum Gasteiger partial charge on any atom is -0.478 e. The van der Waals surface area contributed by atoms with Gasteiger partial charge in [-0.15, -0.1) is 0 Å². The Balaban J connectivity index is 0.00000242. The van der Waals surface area contributed by atoms with E-state index in [0.717, 1.165) is 6.42 Å². The summed E-state index contributed by atoms with van der Waals surface area (Å²) in [5.41, 5.74) is 1.28. The molecule has 6 nitrogen and oxygen atoms in total. The number of rotatable bonds is 5. The molecule has 0 bridgehead atoms. The number of carbonyl (C=O) groups excluding carboxylic acids is 1. The van der Waals surface area contributed by atoms with E-state index in [9.17, 15) is 9.59 Å². The number of aromatic nitrogens is 2. The zero-order chi connectivity index (χ0) is 15.2. The Kier molecular flexibility index (Phi) is 6.79. The topological polar surface area (TPSA) is 89.4 Å². The first-order valence-electron chi connectivity index (χ1n) is 6.44. The van der Waals surface area contributed by atoms with Crippen LogP contribution in [0.5, 0.6) is 0 Å². The first-order chi connectivity index (χ1) is 10.1. The third-order valence-corrected chi connectivity index (χ3v) is 2.70. The molecule has 0 saturated carbocycles. The number of esters is 1. The molecule has 0 aliphatic heterocycles. The van der Waals surface area contributed by atoms with Crippen LogP contribution in [0.3, 0.4) is 0 Å². The Morgan fingerprint density at radius 2 is 1.64 bits per heavy atom. The average molecular weight is 387 g/mol. The van der Waals surface area contributed by atoms with Gasteiger partial charge in [0.05, 0.1) is 29.1 Å². The van der Waals surface area contributed by atoms with Crippen molar-refractivity contribution in [1.82, 2.24) is 9.97 Å². The summed E-state index contributed by atoms with van der Waals surface area (Å²) in [5.74, 6) is -1.48. The van der Waals surface area contributed by atoms with E-state index in [-0.39, 0.29) is 25.0 Å². The Morgan fingerprint density at radius 3 is 2.18 bits per heavy atom. The number of hydrogen-bond acceptors (Lipinski definition) is 5. The number of carbonyl (C=O) groups is 2. The Bertz CT molecular complexity index is 676. The summed E-state index contributed by atoms with van der Waals surface area (Å²) in [4.78, 5) is 30.9. The van der Waals surface area contributed by atoms with E-state index >= 15 is 0 Å². The number of ether oxygens (including phenoxy) is 1. The molecule has 0 spiro atoms. The van der Waals surface area contributed by atoms with Crippen LogP contribution in [0.1, 0.15) is 34.1 Å². The van der Waals surface area contributed by atoms with Crippen LogP contribution in [0, 0.1) is 0 Å². The van der Waals surface area contributed by atoms with Crippen LogP contribution in [0.4, 0.5) is 0 Å². The van der Waals surface area contributed by atoms with Crippen molar-refractivity contribution in [1.29, 1.82) is 0 Å². The largest absolute Gasteiger partial charge is 0.478 e. The van der Waals surface area contributed by atoms with Gasteiger partial charge in [-0.05, 0) is 30.7 Å².